The predicted molar refractivity (Wildman–Crippen MR) is 55.1 cm³/mol. The second-order valence-corrected chi connectivity index (χ2v) is 4.18. The molecule has 0 spiro atoms. The standard InChI is InChI=1S/C12H13NO/c14-13-12-5-4-10-6-8-2-1-3-9(8)7-11(10)12/h6-7,14H,1-5H2/b13-12-. The van der Waals surface area contributed by atoms with E-state index >= 15 is 0 Å². The summed E-state index contributed by atoms with van der Waals surface area (Å²) in [6.07, 6.45) is 5.65. The van der Waals surface area contributed by atoms with E-state index in [0.29, 0.717) is 0 Å². The Kier molecular flexibility index (Phi) is 1.63. The maximum absolute atomic E-state index is 8.85. The third-order valence-electron chi connectivity index (χ3n) is 3.38. The molecule has 0 aliphatic heterocycles. The minimum Gasteiger partial charge on any atom is -0.411 e. The summed E-state index contributed by atoms with van der Waals surface area (Å²) >= 11 is 0. The molecular formula is C12H13NO. The number of benzene rings is 1. The lowest BCUT2D eigenvalue weighted by atomic mass is 10.0. The summed E-state index contributed by atoms with van der Waals surface area (Å²) in [5.74, 6) is 0. The molecule has 72 valence electrons. The van der Waals surface area contributed by atoms with Gasteiger partial charge in [0.1, 0.15) is 0 Å². The van der Waals surface area contributed by atoms with Crippen LogP contribution in [0.5, 0.6) is 0 Å². The average molecular weight is 187 g/mol. The molecule has 2 heteroatoms. The highest BCUT2D eigenvalue weighted by Gasteiger charge is 2.22. The van der Waals surface area contributed by atoms with E-state index in [4.69, 9.17) is 5.21 Å². The average Bonchev–Trinajstić information content (AvgIpc) is 2.78. The van der Waals surface area contributed by atoms with Gasteiger partial charge in [0, 0.05) is 5.56 Å². The van der Waals surface area contributed by atoms with Crippen LogP contribution in [0.2, 0.25) is 0 Å². The molecule has 14 heavy (non-hydrogen) atoms. The Hall–Kier alpha value is -1.31. The van der Waals surface area contributed by atoms with Crippen LogP contribution in [-0.2, 0) is 19.3 Å². The number of nitrogens with zero attached hydrogens (tertiary/aromatic N) is 1. The van der Waals surface area contributed by atoms with Crippen molar-refractivity contribution in [2.24, 2.45) is 5.16 Å². The Labute approximate surface area is 83.3 Å². The lowest BCUT2D eigenvalue weighted by molar-refractivity contribution is 0.318. The van der Waals surface area contributed by atoms with Gasteiger partial charge < -0.3 is 5.21 Å². The molecule has 2 aliphatic rings. The van der Waals surface area contributed by atoms with Crippen molar-refractivity contribution in [3.05, 3.63) is 34.4 Å². The largest absolute Gasteiger partial charge is 0.411 e. The first-order chi connectivity index (χ1) is 6.88. The zero-order valence-corrected chi connectivity index (χ0v) is 8.08. The van der Waals surface area contributed by atoms with Crippen LogP contribution < -0.4 is 0 Å². The lowest BCUT2D eigenvalue weighted by Gasteiger charge is -2.04. The van der Waals surface area contributed by atoms with Crippen molar-refractivity contribution in [3.63, 3.8) is 0 Å². The van der Waals surface area contributed by atoms with Crippen molar-refractivity contribution in [3.8, 4) is 0 Å². The molecule has 1 N–H and O–H groups in total. The molecule has 2 aliphatic carbocycles. The topological polar surface area (TPSA) is 32.6 Å². The summed E-state index contributed by atoms with van der Waals surface area (Å²) in [5, 5.41) is 12.2. The molecule has 0 unspecified atom stereocenters. The predicted octanol–water partition coefficient (Wildman–Crippen LogP) is 2.30. The van der Waals surface area contributed by atoms with Crippen LogP contribution in [-0.4, -0.2) is 10.9 Å². The Morgan fingerprint density at radius 3 is 2.50 bits per heavy atom. The van der Waals surface area contributed by atoms with Crippen LogP contribution in [0.15, 0.2) is 17.3 Å². The van der Waals surface area contributed by atoms with Crippen LogP contribution in [0.25, 0.3) is 0 Å². The first kappa shape index (κ1) is 8.04. The van der Waals surface area contributed by atoms with Gasteiger partial charge in [-0.25, -0.2) is 0 Å². The smallest absolute Gasteiger partial charge is 0.0873 e. The van der Waals surface area contributed by atoms with Gasteiger partial charge in [-0.2, -0.15) is 0 Å². The third-order valence-corrected chi connectivity index (χ3v) is 3.38. The van der Waals surface area contributed by atoms with E-state index in [1.165, 1.54) is 41.5 Å². The second kappa shape index (κ2) is 2.84. The fraction of sp³-hybridized carbons (Fsp3) is 0.417. The molecule has 3 rings (SSSR count). The van der Waals surface area contributed by atoms with Gasteiger partial charge in [0.25, 0.3) is 0 Å². The Morgan fingerprint density at radius 1 is 0.929 bits per heavy atom. The van der Waals surface area contributed by atoms with Crippen LogP contribution >= 0.6 is 0 Å². The van der Waals surface area contributed by atoms with E-state index in [9.17, 15) is 0 Å². The van der Waals surface area contributed by atoms with Crippen molar-refractivity contribution in [2.45, 2.75) is 32.1 Å². The van der Waals surface area contributed by atoms with Gasteiger partial charge in [-0.3, -0.25) is 0 Å². The Balaban J connectivity index is 2.18. The third kappa shape index (κ3) is 0.999. The zero-order chi connectivity index (χ0) is 9.54. The number of hydrogen-bond acceptors (Lipinski definition) is 2. The van der Waals surface area contributed by atoms with E-state index < -0.39 is 0 Å². The maximum Gasteiger partial charge on any atom is 0.0873 e. The molecule has 0 saturated heterocycles. The number of fused-ring (bicyclic) bond motifs is 2. The number of aryl methyl sites for hydroxylation is 3. The molecular weight excluding hydrogens is 174 g/mol. The van der Waals surface area contributed by atoms with Crippen LogP contribution in [0.4, 0.5) is 0 Å². The summed E-state index contributed by atoms with van der Waals surface area (Å²) in [7, 11) is 0. The molecule has 0 atom stereocenters. The van der Waals surface area contributed by atoms with Crippen molar-refractivity contribution >= 4 is 5.71 Å². The summed E-state index contributed by atoms with van der Waals surface area (Å²) in [6.45, 7) is 0. The van der Waals surface area contributed by atoms with Crippen LogP contribution in [0.3, 0.4) is 0 Å². The van der Waals surface area contributed by atoms with E-state index in [0.717, 1.165) is 18.6 Å². The zero-order valence-electron chi connectivity index (χ0n) is 8.08. The van der Waals surface area contributed by atoms with E-state index in [1.807, 2.05) is 0 Å². The first-order valence-electron chi connectivity index (χ1n) is 5.24. The van der Waals surface area contributed by atoms with Crippen LogP contribution in [0, 0.1) is 0 Å². The molecule has 0 fully saturated rings. The molecule has 1 aromatic carbocycles. The van der Waals surface area contributed by atoms with E-state index in [-0.39, 0.29) is 0 Å². The summed E-state index contributed by atoms with van der Waals surface area (Å²) in [5.41, 5.74) is 6.41. The van der Waals surface area contributed by atoms with Crippen molar-refractivity contribution < 1.29 is 5.21 Å². The van der Waals surface area contributed by atoms with Gasteiger partial charge in [-0.05, 0) is 54.9 Å². The van der Waals surface area contributed by atoms with Gasteiger partial charge >= 0.3 is 0 Å². The minimum absolute atomic E-state index is 0.870. The molecule has 0 aromatic heterocycles. The number of hydrogen-bond donors (Lipinski definition) is 1. The monoisotopic (exact) mass is 187 g/mol. The SMILES string of the molecule is O/N=C1/CCc2cc3c(cc21)CCC3. The Morgan fingerprint density at radius 2 is 1.71 bits per heavy atom. The summed E-state index contributed by atoms with van der Waals surface area (Å²) in [4.78, 5) is 0. The fourth-order valence-corrected chi connectivity index (χ4v) is 2.64. The van der Waals surface area contributed by atoms with Gasteiger partial charge in [-0.15, -0.1) is 0 Å². The van der Waals surface area contributed by atoms with Crippen molar-refractivity contribution in [1.82, 2.24) is 0 Å². The lowest BCUT2D eigenvalue weighted by Crippen LogP contribution is -1.96. The van der Waals surface area contributed by atoms with Crippen LogP contribution in [0.1, 0.15) is 35.1 Å². The first-order valence-corrected chi connectivity index (χ1v) is 5.24. The Bertz CT molecular complexity index is 421. The minimum atomic E-state index is 0.870. The highest BCUT2D eigenvalue weighted by atomic mass is 16.4. The highest BCUT2D eigenvalue weighted by molar-refractivity contribution is 6.04. The van der Waals surface area contributed by atoms with Gasteiger partial charge in [-0.1, -0.05) is 11.2 Å². The van der Waals surface area contributed by atoms with Gasteiger partial charge in [0.15, 0.2) is 0 Å². The van der Waals surface area contributed by atoms with Gasteiger partial charge in [0.2, 0.25) is 0 Å². The molecule has 0 saturated carbocycles. The highest BCUT2D eigenvalue weighted by Crippen LogP contribution is 2.30. The van der Waals surface area contributed by atoms with Crippen molar-refractivity contribution in [1.29, 1.82) is 0 Å². The number of rotatable bonds is 0. The fourth-order valence-electron chi connectivity index (χ4n) is 2.64. The molecule has 0 radical (unpaired) electrons. The quantitative estimate of drug-likeness (QED) is 0.490. The molecule has 0 bridgehead atoms. The maximum atomic E-state index is 8.85. The molecule has 0 heterocycles. The van der Waals surface area contributed by atoms with Gasteiger partial charge in [0.05, 0.1) is 5.71 Å². The molecule has 0 amide bonds. The molecule has 1 aromatic rings. The van der Waals surface area contributed by atoms with Crippen molar-refractivity contribution in [2.75, 3.05) is 0 Å². The molecule has 2 nitrogen and oxygen atoms in total. The number of oxime groups is 1. The van der Waals surface area contributed by atoms with E-state index in [2.05, 4.69) is 17.3 Å². The summed E-state index contributed by atoms with van der Waals surface area (Å²) < 4.78 is 0. The normalized spacial score (nSPS) is 21.3. The van der Waals surface area contributed by atoms with E-state index in [1.54, 1.807) is 0 Å². The second-order valence-electron chi connectivity index (χ2n) is 4.18. The summed E-state index contributed by atoms with van der Waals surface area (Å²) in [6, 6.07) is 4.55.